The van der Waals surface area contributed by atoms with E-state index < -0.39 is 0 Å². The van der Waals surface area contributed by atoms with Gasteiger partial charge in [-0.3, -0.25) is 19.2 Å². The van der Waals surface area contributed by atoms with E-state index in [-0.39, 0.29) is 17.5 Å². The van der Waals surface area contributed by atoms with E-state index in [0.717, 1.165) is 38.3 Å². The summed E-state index contributed by atoms with van der Waals surface area (Å²) >= 11 is 0. The molecule has 1 fully saturated rings. The number of hydrogen-bond donors (Lipinski definition) is 2. The summed E-state index contributed by atoms with van der Waals surface area (Å²) in [5.41, 5.74) is 2.26. The summed E-state index contributed by atoms with van der Waals surface area (Å²) < 4.78 is 1.50. The van der Waals surface area contributed by atoms with E-state index in [9.17, 15) is 9.59 Å². The average molecular weight is 370 g/mol. The van der Waals surface area contributed by atoms with E-state index in [1.54, 1.807) is 19.3 Å². The predicted molar refractivity (Wildman–Crippen MR) is 104 cm³/mol. The Hall–Kier alpha value is -2.71. The Balaban J connectivity index is 1.70. The van der Waals surface area contributed by atoms with Gasteiger partial charge in [0.15, 0.2) is 5.69 Å². The van der Waals surface area contributed by atoms with Gasteiger partial charge in [0.05, 0.1) is 5.69 Å². The molecule has 2 N–H and O–H groups in total. The first-order valence-electron chi connectivity index (χ1n) is 9.03. The minimum Gasteiger partial charge on any atom is -0.354 e. The van der Waals surface area contributed by atoms with Crippen LogP contribution >= 0.6 is 0 Å². The summed E-state index contributed by atoms with van der Waals surface area (Å²) in [6, 6.07) is 7.61. The molecule has 0 atom stereocenters. The molecule has 2 amide bonds. The third-order valence-electron chi connectivity index (χ3n) is 4.71. The first-order chi connectivity index (χ1) is 13.0. The second kappa shape index (κ2) is 8.32. The number of anilines is 1. The zero-order valence-electron chi connectivity index (χ0n) is 16.0. The minimum atomic E-state index is -0.338. The van der Waals surface area contributed by atoms with Gasteiger partial charge in [-0.15, -0.1) is 0 Å². The molecule has 0 bridgehead atoms. The van der Waals surface area contributed by atoms with E-state index in [4.69, 9.17) is 0 Å². The van der Waals surface area contributed by atoms with Crippen molar-refractivity contribution < 1.29 is 9.59 Å². The summed E-state index contributed by atoms with van der Waals surface area (Å²) in [5.74, 6) is -0.594. The van der Waals surface area contributed by atoms with Crippen LogP contribution in [-0.2, 0) is 13.6 Å². The molecule has 2 heterocycles. The van der Waals surface area contributed by atoms with Gasteiger partial charge in [0.1, 0.15) is 0 Å². The highest BCUT2D eigenvalue weighted by atomic mass is 16.2. The Morgan fingerprint density at radius 1 is 1.11 bits per heavy atom. The maximum atomic E-state index is 12.7. The number of aromatic nitrogens is 2. The molecular formula is C19H26N6O2. The second-order valence-electron chi connectivity index (χ2n) is 6.88. The first kappa shape index (κ1) is 19.1. The third-order valence-corrected chi connectivity index (χ3v) is 4.71. The molecular weight excluding hydrogens is 344 g/mol. The number of carbonyl (C=O) groups excluding carboxylic acids is 2. The van der Waals surface area contributed by atoms with Crippen LogP contribution in [0.2, 0.25) is 0 Å². The normalized spacial score (nSPS) is 15.5. The number of rotatable bonds is 5. The van der Waals surface area contributed by atoms with Gasteiger partial charge in [-0.1, -0.05) is 12.1 Å². The number of carbonyl (C=O) groups is 2. The molecule has 2 aromatic rings. The van der Waals surface area contributed by atoms with Crippen LogP contribution in [-0.4, -0.2) is 71.7 Å². The summed E-state index contributed by atoms with van der Waals surface area (Å²) in [4.78, 5) is 29.3. The lowest BCUT2D eigenvalue weighted by molar-refractivity contribution is 0.0958. The number of likely N-dealkylation sites (N-methyl/N-ethyl adjacent to an activating group) is 1. The summed E-state index contributed by atoms with van der Waals surface area (Å²) in [7, 11) is 5.37. The van der Waals surface area contributed by atoms with Gasteiger partial charge in [0, 0.05) is 58.6 Å². The van der Waals surface area contributed by atoms with E-state index in [0.29, 0.717) is 11.3 Å². The SMILES string of the molecule is CNC(=O)c1nn(C)cc1NC(=O)c1cccc(CN2CCN(C)CC2)c1. The number of piperazine rings is 1. The number of benzene rings is 1. The molecule has 1 aromatic heterocycles. The van der Waals surface area contributed by atoms with Crippen molar-refractivity contribution in [3.05, 3.63) is 47.3 Å². The molecule has 3 rings (SSSR count). The van der Waals surface area contributed by atoms with Crippen LogP contribution in [0.1, 0.15) is 26.4 Å². The molecule has 0 radical (unpaired) electrons. The van der Waals surface area contributed by atoms with Gasteiger partial charge in [-0.25, -0.2) is 0 Å². The van der Waals surface area contributed by atoms with Crippen molar-refractivity contribution in [2.75, 3.05) is 45.6 Å². The Bertz CT molecular complexity index is 823. The largest absolute Gasteiger partial charge is 0.354 e. The maximum Gasteiger partial charge on any atom is 0.273 e. The van der Waals surface area contributed by atoms with Gasteiger partial charge in [0.2, 0.25) is 0 Å². The Labute approximate surface area is 159 Å². The quantitative estimate of drug-likeness (QED) is 0.813. The van der Waals surface area contributed by atoms with Crippen molar-refractivity contribution in [3.63, 3.8) is 0 Å². The Morgan fingerprint density at radius 2 is 1.85 bits per heavy atom. The molecule has 27 heavy (non-hydrogen) atoms. The fourth-order valence-corrected chi connectivity index (χ4v) is 3.14. The number of amides is 2. The van der Waals surface area contributed by atoms with Crippen molar-refractivity contribution in [3.8, 4) is 0 Å². The van der Waals surface area contributed by atoms with Crippen LogP contribution in [0.5, 0.6) is 0 Å². The molecule has 0 unspecified atom stereocenters. The van der Waals surface area contributed by atoms with E-state index >= 15 is 0 Å². The molecule has 8 nitrogen and oxygen atoms in total. The Morgan fingerprint density at radius 3 is 2.56 bits per heavy atom. The van der Waals surface area contributed by atoms with Crippen LogP contribution < -0.4 is 10.6 Å². The number of nitrogens with one attached hydrogen (secondary N) is 2. The first-order valence-corrected chi connectivity index (χ1v) is 9.03. The van der Waals surface area contributed by atoms with Gasteiger partial charge < -0.3 is 15.5 Å². The highest BCUT2D eigenvalue weighted by molar-refractivity contribution is 6.08. The molecule has 144 valence electrons. The summed E-state index contributed by atoms with van der Waals surface area (Å²) in [6.45, 7) is 4.99. The van der Waals surface area contributed by atoms with Crippen molar-refractivity contribution in [1.82, 2.24) is 24.9 Å². The van der Waals surface area contributed by atoms with Crippen LogP contribution in [0.3, 0.4) is 0 Å². The van der Waals surface area contributed by atoms with Gasteiger partial charge in [-0.2, -0.15) is 5.10 Å². The minimum absolute atomic E-state index is 0.196. The summed E-state index contributed by atoms with van der Waals surface area (Å²) in [5, 5.41) is 9.44. The van der Waals surface area contributed by atoms with Gasteiger partial charge >= 0.3 is 0 Å². The lowest BCUT2D eigenvalue weighted by Gasteiger charge is -2.32. The van der Waals surface area contributed by atoms with Crippen LogP contribution in [0.15, 0.2) is 30.5 Å². The molecule has 1 aliphatic rings. The molecule has 0 saturated carbocycles. The van der Waals surface area contributed by atoms with Crippen molar-refractivity contribution in [1.29, 1.82) is 0 Å². The van der Waals surface area contributed by atoms with Crippen molar-refractivity contribution >= 4 is 17.5 Å². The lowest BCUT2D eigenvalue weighted by atomic mass is 10.1. The number of nitrogens with zero attached hydrogens (tertiary/aromatic N) is 4. The standard InChI is InChI=1S/C19H26N6O2/c1-20-19(27)17-16(13-24(3)22-17)21-18(26)15-6-4-5-14(11-15)12-25-9-7-23(2)8-10-25/h4-6,11,13H,7-10,12H2,1-3H3,(H,20,27)(H,21,26). The molecule has 8 heteroatoms. The molecule has 0 spiro atoms. The van der Waals surface area contributed by atoms with Crippen LogP contribution in [0.4, 0.5) is 5.69 Å². The second-order valence-corrected chi connectivity index (χ2v) is 6.88. The third kappa shape index (κ3) is 4.72. The molecule has 0 aliphatic carbocycles. The zero-order chi connectivity index (χ0) is 19.4. The molecule has 1 aromatic carbocycles. The smallest absolute Gasteiger partial charge is 0.273 e. The predicted octanol–water partition coefficient (Wildman–Crippen LogP) is 0.779. The van der Waals surface area contributed by atoms with E-state index in [1.165, 1.54) is 11.7 Å². The average Bonchev–Trinajstić information content (AvgIpc) is 3.03. The fourth-order valence-electron chi connectivity index (χ4n) is 3.14. The number of hydrogen-bond acceptors (Lipinski definition) is 5. The fraction of sp³-hybridized carbons (Fsp3) is 0.421. The van der Waals surface area contributed by atoms with Gasteiger partial charge in [-0.05, 0) is 24.7 Å². The number of aryl methyl sites for hydroxylation is 1. The highest BCUT2D eigenvalue weighted by Crippen LogP contribution is 2.16. The van der Waals surface area contributed by atoms with Crippen molar-refractivity contribution in [2.24, 2.45) is 7.05 Å². The molecule has 1 aliphatic heterocycles. The van der Waals surface area contributed by atoms with Crippen molar-refractivity contribution in [2.45, 2.75) is 6.54 Å². The maximum absolute atomic E-state index is 12.7. The zero-order valence-corrected chi connectivity index (χ0v) is 16.0. The molecule has 1 saturated heterocycles. The Kier molecular flexibility index (Phi) is 5.88. The van der Waals surface area contributed by atoms with Crippen LogP contribution in [0.25, 0.3) is 0 Å². The highest BCUT2D eigenvalue weighted by Gasteiger charge is 2.18. The van der Waals surface area contributed by atoms with E-state index in [1.807, 2.05) is 18.2 Å². The van der Waals surface area contributed by atoms with E-state index in [2.05, 4.69) is 32.6 Å². The monoisotopic (exact) mass is 370 g/mol. The van der Waals surface area contributed by atoms with Crippen LogP contribution in [0, 0.1) is 0 Å². The van der Waals surface area contributed by atoms with Gasteiger partial charge in [0.25, 0.3) is 11.8 Å². The lowest BCUT2D eigenvalue weighted by Crippen LogP contribution is -2.43. The summed E-state index contributed by atoms with van der Waals surface area (Å²) in [6.07, 6.45) is 1.62. The topological polar surface area (TPSA) is 82.5 Å².